The molecule has 1 fully saturated rings. The molecule has 1 N–H and O–H groups in total. The summed E-state index contributed by atoms with van der Waals surface area (Å²) in [5.74, 6) is 1.41. The summed E-state index contributed by atoms with van der Waals surface area (Å²) in [5.41, 5.74) is 2.24. The van der Waals surface area contributed by atoms with Crippen molar-refractivity contribution in [1.82, 2.24) is 19.9 Å². The van der Waals surface area contributed by atoms with Crippen molar-refractivity contribution in [3.63, 3.8) is 0 Å². The summed E-state index contributed by atoms with van der Waals surface area (Å²) >= 11 is 0. The SMILES string of the molecule is Cc1nc2cccc(C3CCCNC3)n2n1. The van der Waals surface area contributed by atoms with Crippen LogP contribution in [-0.4, -0.2) is 27.7 Å². The van der Waals surface area contributed by atoms with E-state index in [4.69, 9.17) is 0 Å². The van der Waals surface area contributed by atoms with E-state index in [1.807, 2.05) is 17.5 Å². The van der Waals surface area contributed by atoms with Crippen molar-refractivity contribution in [2.45, 2.75) is 25.7 Å². The third-order valence-corrected chi connectivity index (χ3v) is 3.21. The molecule has 0 saturated carbocycles. The lowest BCUT2D eigenvalue weighted by Gasteiger charge is -2.23. The molecule has 3 rings (SSSR count). The van der Waals surface area contributed by atoms with E-state index in [0.29, 0.717) is 5.92 Å². The third kappa shape index (κ3) is 1.59. The van der Waals surface area contributed by atoms with Crippen LogP contribution < -0.4 is 5.32 Å². The number of rotatable bonds is 1. The van der Waals surface area contributed by atoms with E-state index in [9.17, 15) is 0 Å². The molecular weight excluding hydrogens is 200 g/mol. The zero-order chi connectivity index (χ0) is 11.0. The lowest BCUT2D eigenvalue weighted by atomic mass is 9.96. The normalized spacial score (nSPS) is 21.4. The minimum Gasteiger partial charge on any atom is -0.316 e. The first kappa shape index (κ1) is 9.78. The largest absolute Gasteiger partial charge is 0.316 e. The van der Waals surface area contributed by atoms with Gasteiger partial charge in [0.25, 0.3) is 0 Å². The number of aromatic nitrogens is 3. The number of aryl methyl sites for hydroxylation is 1. The van der Waals surface area contributed by atoms with E-state index >= 15 is 0 Å². The maximum atomic E-state index is 4.47. The maximum absolute atomic E-state index is 4.47. The van der Waals surface area contributed by atoms with Gasteiger partial charge in [0, 0.05) is 18.2 Å². The molecule has 4 nitrogen and oxygen atoms in total. The quantitative estimate of drug-likeness (QED) is 0.785. The monoisotopic (exact) mass is 216 g/mol. The summed E-state index contributed by atoms with van der Waals surface area (Å²) in [5, 5.41) is 7.91. The van der Waals surface area contributed by atoms with E-state index in [0.717, 1.165) is 24.6 Å². The Kier molecular flexibility index (Phi) is 2.36. The highest BCUT2D eigenvalue weighted by molar-refractivity contribution is 5.39. The molecule has 0 bridgehead atoms. The number of pyridine rings is 1. The van der Waals surface area contributed by atoms with Crippen molar-refractivity contribution < 1.29 is 0 Å². The zero-order valence-corrected chi connectivity index (χ0v) is 9.48. The first-order valence-corrected chi connectivity index (χ1v) is 5.87. The maximum Gasteiger partial charge on any atom is 0.155 e. The Morgan fingerprint density at radius 3 is 3.19 bits per heavy atom. The Hall–Kier alpha value is -1.42. The molecule has 1 saturated heterocycles. The van der Waals surface area contributed by atoms with Crippen LogP contribution in [0.25, 0.3) is 5.65 Å². The Balaban J connectivity index is 2.07. The fourth-order valence-corrected chi connectivity index (χ4v) is 2.45. The fourth-order valence-electron chi connectivity index (χ4n) is 2.45. The van der Waals surface area contributed by atoms with Crippen LogP contribution in [0, 0.1) is 6.92 Å². The Morgan fingerprint density at radius 1 is 1.44 bits per heavy atom. The van der Waals surface area contributed by atoms with Crippen molar-refractivity contribution >= 4 is 5.65 Å². The van der Waals surface area contributed by atoms with Gasteiger partial charge in [-0.25, -0.2) is 9.50 Å². The molecule has 1 aliphatic heterocycles. The number of nitrogens with one attached hydrogen (secondary N) is 1. The number of hydrogen-bond acceptors (Lipinski definition) is 3. The fraction of sp³-hybridized carbons (Fsp3) is 0.500. The summed E-state index contributed by atoms with van der Waals surface area (Å²) in [6.45, 7) is 4.14. The van der Waals surface area contributed by atoms with Crippen LogP contribution >= 0.6 is 0 Å². The molecule has 16 heavy (non-hydrogen) atoms. The molecule has 0 amide bonds. The van der Waals surface area contributed by atoms with Gasteiger partial charge in [-0.2, -0.15) is 5.10 Å². The molecule has 0 spiro atoms. The molecule has 1 atom stereocenters. The van der Waals surface area contributed by atoms with E-state index in [1.165, 1.54) is 18.5 Å². The Bertz CT molecular complexity index is 497. The van der Waals surface area contributed by atoms with Crippen molar-refractivity contribution in [1.29, 1.82) is 0 Å². The van der Waals surface area contributed by atoms with Crippen molar-refractivity contribution in [2.24, 2.45) is 0 Å². The molecule has 0 radical (unpaired) electrons. The highest BCUT2D eigenvalue weighted by Crippen LogP contribution is 2.23. The van der Waals surface area contributed by atoms with Crippen LogP contribution in [0.15, 0.2) is 18.2 Å². The van der Waals surface area contributed by atoms with Crippen LogP contribution in [0.4, 0.5) is 0 Å². The summed E-state index contributed by atoms with van der Waals surface area (Å²) in [4.78, 5) is 4.40. The molecule has 84 valence electrons. The summed E-state index contributed by atoms with van der Waals surface area (Å²) < 4.78 is 1.99. The topological polar surface area (TPSA) is 42.2 Å². The smallest absolute Gasteiger partial charge is 0.155 e. The molecule has 1 unspecified atom stereocenters. The molecule has 0 aliphatic carbocycles. The lowest BCUT2D eigenvalue weighted by Crippen LogP contribution is -2.29. The van der Waals surface area contributed by atoms with Crippen molar-refractivity contribution in [3.8, 4) is 0 Å². The van der Waals surface area contributed by atoms with Crippen LogP contribution in [0.5, 0.6) is 0 Å². The van der Waals surface area contributed by atoms with E-state index < -0.39 is 0 Å². The van der Waals surface area contributed by atoms with Gasteiger partial charge in [0.2, 0.25) is 0 Å². The Labute approximate surface area is 94.7 Å². The van der Waals surface area contributed by atoms with E-state index in [2.05, 4.69) is 27.5 Å². The van der Waals surface area contributed by atoms with Gasteiger partial charge in [-0.15, -0.1) is 0 Å². The van der Waals surface area contributed by atoms with Crippen LogP contribution in [0.1, 0.15) is 30.3 Å². The molecule has 4 heteroatoms. The van der Waals surface area contributed by atoms with Crippen molar-refractivity contribution in [2.75, 3.05) is 13.1 Å². The average Bonchev–Trinajstić information content (AvgIpc) is 2.70. The Morgan fingerprint density at radius 2 is 2.38 bits per heavy atom. The molecular formula is C12H16N4. The molecule has 0 aromatic carbocycles. The number of hydrogen-bond donors (Lipinski definition) is 1. The summed E-state index contributed by atoms with van der Waals surface area (Å²) in [6.07, 6.45) is 2.49. The van der Waals surface area contributed by atoms with Gasteiger partial charge in [-0.05, 0) is 38.4 Å². The van der Waals surface area contributed by atoms with Gasteiger partial charge in [-0.3, -0.25) is 0 Å². The first-order valence-electron chi connectivity index (χ1n) is 5.87. The highest BCUT2D eigenvalue weighted by atomic mass is 15.3. The van der Waals surface area contributed by atoms with Gasteiger partial charge in [-0.1, -0.05) is 6.07 Å². The second kappa shape index (κ2) is 3.87. The lowest BCUT2D eigenvalue weighted by molar-refractivity contribution is 0.448. The number of piperidine rings is 1. The molecule has 3 heterocycles. The minimum atomic E-state index is 0.568. The molecule has 1 aliphatic rings. The number of fused-ring (bicyclic) bond motifs is 1. The van der Waals surface area contributed by atoms with Gasteiger partial charge in [0.15, 0.2) is 5.65 Å². The second-order valence-corrected chi connectivity index (χ2v) is 4.42. The third-order valence-electron chi connectivity index (χ3n) is 3.21. The summed E-state index contributed by atoms with van der Waals surface area (Å²) in [6, 6.07) is 6.26. The first-order chi connectivity index (χ1) is 7.84. The van der Waals surface area contributed by atoms with E-state index in [1.54, 1.807) is 0 Å². The van der Waals surface area contributed by atoms with Crippen molar-refractivity contribution in [3.05, 3.63) is 29.7 Å². The molecule has 2 aromatic rings. The zero-order valence-electron chi connectivity index (χ0n) is 9.48. The van der Waals surface area contributed by atoms with Crippen LogP contribution in [0.3, 0.4) is 0 Å². The van der Waals surface area contributed by atoms with Gasteiger partial charge >= 0.3 is 0 Å². The van der Waals surface area contributed by atoms with Gasteiger partial charge in [0.05, 0.1) is 0 Å². The molecule has 2 aromatic heterocycles. The minimum absolute atomic E-state index is 0.568. The predicted octanol–water partition coefficient (Wildman–Crippen LogP) is 1.50. The van der Waals surface area contributed by atoms with Crippen LogP contribution in [0.2, 0.25) is 0 Å². The van der Waals surface area contributed by atoms with Gasteiger partial charge < -0.3 is 5.32 Å². The number of nitrogens with zero attached hydrogens (tertiary/aromatic N) is 3. The standard InChI is InChI=1S/C12H16N4/c1-9-14-12-6-2-5-11(16(12)15-9)10-4-3-7-13-8-10/h2,5-6,10,13H,3-4,7-8H2,1H3. The predicted molar refractivity (Wildman–Crippen MR) is 62.6 cm³/mol. The van der Waals surface area contributed by atoms with Gasteiger partial charge in [0.1, 0.15) is 5.82 Å². The second-order valence-electron chi connectivity index (χ2n) is 4.42. The van der Waals surface area contributed by atoms with E-state index in [-0.39, 0.29) is 0 Å². The highest BCUT2D eigenvalue weighted by Gasteiger charge is 2.18. The van der Waals surface area contributed by atoms with Crippen LogP contribution in [-0.2, 0) is 0 Å². The summed E-state index contributed by atoms with van der Waals surface area (Å²) in [7, 11) is 0. The average molecular weight is 216 g/mol.